The molecule has 6 nitrogen and oxygen atoms in total. The van der Waals surface area contributed by atoms with E-state index < -0.39 is 0 Å². The fourth-order valence-corrected chi connectivity index (χ4v) is 10.5. The van der Waals surface area contributed by atoms with Gasteiger partial charge in [-0.15, -0.1) is 0 Å². The van der Waals surface area contributed by atoms with Gasteiger partial charge in [0.1, 0.15) is 0 Å². The molecule has 0 aliphatic rings. The molecule has 3 heterocycles. The lowest BCUT2D eigenvalue weighted by molar-refractivity contribution is 1.15. The molecule has 0 amide bonds. The normalized spacial score (nSPS) is 11.3. The number of rotatable bonds is 8. The highest BCUT2D eigenvalue weighted by atomic mass is 15.0. The van der Waals surface area contributed by atoms with Crippen molar-refractivity contribution in [2.24, 2.45) is 0 Å². The first-order valence-electron chi connectivity index (χ1n) is 23.9. The van der Waals surface area contributed by atoms with Crippen molar-refractivity contribution in [1.82, 2.24) is 19.1 Å². The molecule has 0 saturated heterocycles. The predicted molar refractivity (Wildman–Crippen MR) is 293 cm³/mol. The number of nitriles is 2. The number of fused-ring (bicyclic) bond motifs is 6. The Labute approximate surface area is 415 Å². The van der Waals surface area contributed by atoms with Crippen molar-refractivity contribution in [2.45, 2.75) is 0 Å². The van der Waals surface area contributed by atoms with Gasteiger partial charge in [-0.25, -0.2) is 9.97 Å². The van der Waals surface area contributed by atoms with Crippen molar-refractivity contribution in [2.75, 3.05) is 0 Å². The maximum atomic E-state index is 9.56. The predicted octanol–water partition coefficient (Wildman–Crippen LogP) is 16.4. The number of nitrogens with zero attached hydrogens (tertiary/aromatic N) is 6. The van der Waals surface area contributed by atoms with Crippen molar-refractivity contribution < 1.29 is 0 Å². The Hall–Kier alpha value is -10.1. The molecular formula is C66H40N6. The Morgan fingerprint density at radius 2 is 0.722 bits per heavy atom. The highest BCUT2D eigenvalue weighted by Crippen LogP contribution is 2.45. The third kappa shape index (κ3) is 7.10. The molecule has 0 bridgehead atoms. The van der Waals surface area contributed by atoms with E-state index in [-0.39, 0.29) is 0 Å². The zero-order valence-electron chi connectivity index (χ0n) is 38.8. The summed E-state index contributed by atoms with van der Waals surface area (Å²) in [4.78, 5) is 10.9. The summed E-state index contributed by atoms with van der Waals surface area (Å²) >= 11 is 0. The number of para-hydroxylation sites is 3. The molecular weight excluding hydrogens is 877 g/mol. The lowest BCUT2D eigenvalue weighted by Crippen LogP contribution is -2.04. The molecule has 334 valence electrons. The molecule has 0 radical (unpaired) electrons. The van der Waals surface area contributed by atoms with E-state index in [0.717, 1.165) is 116 Å². The average molecular weight is 917 g/mol. The van der Waals surface area contributed by atoms with Crippen molar-refractivity contribution in [1.29, 1.82) is 10.5 Å². The highest BCUT2D eigenvalue weighted by molar-refractivity contribution is 6.13. The maximum absolute atomic E-state index is 9.56. The molecule has 0 aliphatic heterocycles. The van der Waals surface area contributed by atoms with Crippen LogP contribution in [0.15, 0.2) is 243 Å². The molecule has 0 fully saturated rings. The minimum atomic E-state index is 0.611. The van der Waals surface area contributed by atoms with Crippen LogP contribution in [-0.2, 0) is 0 Å². The van der Waals surface area contributed by atoms with Crippen LogP contribution in [0.1, 0.15) is 11.1 Å². The van der Waals surface area contributed by atoms with Gasteiger partial charge >= 0.3 is 0 Å². The van der Waals surface area contributed by atoms with Crippen LogP contribution in [-0.4, -0.2) is 19.1 Å². The zero-order valence-corrected chi connectivity index (χ0v) is 38.8. The average Bonchev–Trinajstić information content (AvgIpc) is 3.97. The fourth-order valence-electron chi connectivity index (χ4n) is 10.5. The van der Waals surface area contributed by atoms with Crippen LogP contribution in [0, 0.1) is 22.7 Å². The third-order valence-electron chi connectivity index (χ3n) is 13.8. The first-order chi connectivity index (χ1) is 35.6. The lowest BCUT2D eigenvalue weighted by Gasteiger charge is -2.21. The Morgan fingerprint density at radius 1 is 0.306 bits per heavy atom. The molecule has 6 heteroatoms. The summed E-state index contributed by atoms with van der Waals surface area (Å²) in [6, 6.07) is 88.7. The van der Waals surface area contributed by atoms with E-state index >= 15 is 0 Å². The van der Waals surface area contributed by atoms with Crippen LogP contribution in [0.5, 0.6) is 0 Å². The van der Waals surface area contributed by atoms with Crippen molar-refractivity contribution in [3.63, 3.8) is 0 Å². The van der Waals surface area contributed by atoms with E-state index in [2.05, 4.69) is 203 Å². The minimum absolute atomic E-state index is 0.611. The molecule has 72 heavy (non-hydrogen) atoms. The second kappa shape index (κ2) is 17.4. The van der Waals surface area contributed by atoms with Crippen molar-refractivity contribution >= 4 is 43.6 Å². The summed E-state index contributed by atoms with van der Waals surface area (Å²) in [5.41, 5.74) is 18.3. The van der Waals surface area contributed by atoms with Gasteiger partial charge in [0, 0.05) is 49.4 Å². The molecule has 3 aromatic heterocycles. The summed E-state index contributed by atoms with van der Waals surface area (Å²) in [5, 5.41) is 23.6. The smallest absolute Gasteiger partial charge is 0.161 e. The van der Waals surface area contributed by atoms with Crippen LogP contribution >= 0.6 is 0 Å². The molecule has 0 saturated carbocycles. The second-order valence-electron chi connectivity index (χ2n) is 18.0. The van der Waals surface area contributed by atoms with Gasteiger partial charge in [-0.1, -0.05) is 164 Å². The summed E-state index contributed by atoms with van der Waals surface area (Å²) in [7, 11) is 0. The van der Waals surface area contributed by atoms with Crippen LogP contribution in [0.3, 0.4) is 0 Å². The van der Waals surface area contributed by atoms with E-state index in [1.54, 1.807) is 0 Å². The van der Waals surface area contributed by atoms with E-state index in [4.69, 9.17) is 9.97 Å². The summed E-state index contributed by atoms with van der Waals surface area (Å²) in [5.74, 6) is 0.611. The van der Waals surface area contributed by atoms with Crippen LogP contribution in [0.2, 0.25) is 0 Å². The van der Waals surface area contributed by atoms with Gasteiger partial charge in [-0.05, 0) is 101 Å². The van der Waals surface area contributed by atoms with Crippen molar-refractivity contribution in [3.8, 4) is 90.8 Å². The number of hydrogen-bond donors (Lipinski definition) is 0. The molecule has 13 rings (SSSR count). The van der Waals surface area contributed by atoms with Gasteiger partial charge < -0.3 is 9.13 Å². The topological polar surface area (TPSA) is 83.2 Å². The first-order valence-corrected chi connectivity index (χ1v) is 23.9. The number of benzene rings is 10. The van der Waals surface area contributed by atoms with Gasteiger partial charge in [-0.3, -0.25) is 0 Å². The molecule has 0 aliphatic carbocycles. The van der Waals surface area contributed by atoms with Crippen LogP contribution in [0.4, 0.5) is 0 Å². The molecule has 10 aromatic carbocycles. The fraction of sp³-hybridized carbons (Fsp3) is 0. The molecule has 0 N–H and O–H groups in total. The monoisotopic (exact) mass is 916 g/mol. The van der Waals surface area contributed by atoms with Gasteiger partial charge in [0.15, 0.2) is 5.82 Å². The Balaban J connectivity index is 1.11. The van der Waals surface area contributed by atoms with E-state index in [1.807, 2.05) is 60.7 Å². The standard InChI is InChI=1S/C66H40N6/c67-41-43-26-30-45(31-27-43)49-34-36-62-55(38-49)51-18-7-10-22-59(51)71(62)61-24-12-9-20-53(61)65-54(66-69-57(47-14-3-1-4-15-47)40-58(70-66)48-16-5-2-6-17-48)21-13-25-64(65)72-60-23-11-8-19-52(60)56-39-50(35-37-63(56)72)46-32-28-44(42-68)29-33-46/h1-40H. The minimum Gasteiger partial charge on any atom is -0.309 e. The van der Waals surface area contributed by atoms with Gasteiger partial charge in [0.25, 0.3) is 0 Å². The van der Waals surface area contributed by atoms with E-state index in [1.165, 1.54) is 0 Å². The van der Waals surface area contributed by atoms with Gasteiger partial charge in [0.05, 0.1) is 68.1 Å². The van der Waals surface area contributed by atoms with Crippen LogP contribution in [0.25, 0.3) is 122 Å². The summed E-state index contributed by atoms with van der Waals surface area (Å²) in [6.07, 6.45) is 0. The van der Waals surface area contributed by atoms with Crippen molar-refractivity contribution in [3.05, 3.63) is 254 Å². The zero-order chi connectivity index (χ0) is 48.1. The third-order valence-corrected chi connectivity index (χ3v) is 13.8. The first kappa shape index (κ1) is 42.0. The quantitative estimate of drug-likeness (QED) is 0.152. The number of hydrogen-bond acceptors (Lipinski definition) is 4. The van der Waals surface area contributed by atoms with E-state index in [0.29, 0.717) is 17.0 Å². The van der Waals surface area contributed by atoms with Crippen LogP contribution < -0.4 is 0 Å². The molecule has 0 atom stereocenters. The van der Waals surface area contributed by atoms with E-state index in [9.17, 15) is 10.5 Å². The Bertz CT molecular complexity index is 4270. The Morgan fingerprint density at radius 3 is 1.25 bits per heavy atom. The second-order valence-corrected chi connectivity index (χ2v) is 18.0. The largest absolute Gasteiger partial charge is 0.309 e. The van der Waals surface area contributed by atoms with Gasteiger partial charge in [-0.2, -0.15) is 10.5 Å². The SMILES string of the molecule is N#Cc1ccc(-c2ccc3c(c2)c2ccccc2n3-c2ccccc2-c2c(-c3nc(-c4ccccc4)cc(-c4ccccc4)n3)cccc2-n2c3ccccc3c3cc(-c4ccc(C#N)cc4)ccc32)cc1. The summed E-state index contributed by atoms with van der Waals surface area (Å²) in [6.45, 7) is 0. The molecule has 13 aromatic rings. The highest BCUT2D eigenvalue weighted by Gasteiger charge is 2.25. The number of aromatic nitrogens is 4. The maximum Gasteiger partial charge on any atom is 0.161 e. The van der Waals surface area contributed by atoms with Gasteiger partial charge in [0.2, 0.25) is 0 Å². The summed E-state index contributed by atoms with van der Waals surface area (Å²) < 4.78 is 4.80. The Kier molecular flexibility index (Phi) is 10.2. The lowest BCUT2D eigenvalue weighted by atomic mass is 9.94. The molecule has 0 unspecified atom stereocenters. The molecule has 0 spiro atoms.